The maximum absolute atomic E-state index is 4.09. The van der Waals surface area contributed by atoms with Crippen LogP contribution in [0.15, 0.2) is 39.6 Å². The van der Waals surface area contributed by atoms with Crippen molar-refractivity contribution in [2.75, 3.05) is 0 Å². The number of hydrogen-bond acceptors (Lipinski definition) is 2. The lowest BCUT2D eigenvalue weighted by Crippen LogP contribution is -3.00. The number of allylic oxidation sites excluding steroid dienone is 4. The molecule has 0 fully saturated rings. The zero-order valence-electron chi connectivity index (χ0n) is 6.98. The van der Waals surface area contributed by atoms with E-state index in [0.29, 0.717) is 0 Å². The normalized spacial score (nSPS) is 14.1. The summed E-state index contributed by atoms with van der Waals surface area (Å²) in [6.07, 6.45) is 8.91. The number of aromatic nitrogens is 3. The summed E-state index contributed by atoms with van der Waals surface area (Å²) in [5.74, 6) is 2.79. The molecular formula is C8H6I2N4. The van der Waals surface area contributed by atoms with Gasteiger partial charge in [-0.15, -0.1) is 4.68 Å². The third-order valence-corrected chi connectivity index (χ3v) is 2.31. The molecule has 1 aliphatic rings. The number of aliphatic imine (C=N–C) groups is 1. The summed E-state index contributed by atoms with van der Waals surface area (Å²) in [6.45, 7) is 0. The topological polar surface area (TPSA) is 44.3 Å². The van der Waals surface area contributed by atoms with Crippen molar-refractivity contribution in [1.29, 1.82) is 0 Å². The lowest BCUT2D eigenvalue weighted by atomic mass is 10.4. The Morgan fingerprint density at radius 1 is 1.50 bits per heavy atom. The van der Waals surface area contributed by atoms with Crippen LogP contribution in [0.1, 0.15) is 0 Å². The largest absolute Gasteiger partial charge is 1.00 e. The van der Waals surface area contributed by atoms with Crippen molar-refractivity contribution in [2.45, 2.75) is 0 Å². The number of H-pyrrole nitrogens is 1. The highest BCUT2D eigenvalue weighted by atomic mass is 127. The summed E-state index contributed by atoms with van der Waals surface area (Å²) in [5.41, 5.74) is 0.958. The molecule has 0 spiro atoms. The van der Waals surface area contributed by atoms with Gasteiger partial charge >= 0.3 is 6.33 Å². The molecule has 2 rings (SSSR count). The van der Waals surface area contributed by atoms with Crippen LogP contribution in [0.5, 0.6) is 0 Å². The second-order valence-electron chi connectivity index (χ2n) is 2.34. The van der Waals surface area contributed by atoms with E-state index in [1.807, 2.05) is 12.2 Å². The molecule has 2 heterocycles. The van der Waals surface area contributed by atoms with Crippen molar-refractivity contribution in [3.63, 3.8) is 0 Å². The molecule has 0 aromatic carbocycles. The Kier molecular flexibility index (Phi) is 4.49. The molecule has 0 bridgehead atoms. The van der Waals surface area contributed by atoms with Gasteiger partial charge in [-0.25, -0.2) is 0 Å². The highest BCUT2D eigenvalue weighted by Crippen LogP contribution is 2.18. The van der Waals surface area contributed by atoms with E-state index in [1.54, 1.807) is 23.4 Å². The van der Waals surface area contributed by atoms with Gasteiger partial charge in [-0.05, 0) is 45.6 Å². The maximum atomic E-state index is 4.09. The van der Waals surface area contributed by atoms with Gasteiger partial charge in [-0.1, -0.05) is 6.08 Å². The smallest absolute Gasteiger partial charge is 0.304 e. The van der Waals surface area contributed by atoms with E-state index < -0.39 is 0 Å². The van der Waals surface area contributed by atoms with Gasteiger partial charge in [0.15, 0.2) is 0 Å². The number of hydrogen-bond donors (Lipinski definition) is 0. The molecule has 4 nitrogen and oxygen atoms in total. The standard InChI is InChI=1S/C8H5IN4.HI/c9-8-7(3-1-2-4-11-8)13-6-10-5-12-13;/h1-3,5-6H;1H. The fourth-order valence-corrected chi connectivity index (χ4v) is 1.52. The van der Waals surface area contributed by atoms with Crippen molar-refractivity contribution >= 4 is 34.2 Å². The van der Waals surface area contributed by atoms with Gasteiger partial charge in [0.1, 0.15) is 9.40 Å². The van der Waals surface area contributed by atoms with E-state index >= 15 is 0 Å². The Morgan fingerprint density at radius 2 is 2.36 bits per heavy atom. The SMILES string of the molecule is IC1=C(n2cnc[nH+]2)C=CC=C=N1.[I-]. The average molecular weight is 412 g/mol. The Morgan fingerprint density at radius 3 is 3.07 bits per heavy atom. The minimum absolute atomic E-state index is 0. The number of halogens is 2. The van der Waals surface area contributed by atoms with E-state index in [9.17, 15) is 0 Å². The van der Waals surface area contributed by atoms with Gasteiger partial charge in [0.25, 0.3) is 0 Å². The van der Waals surface area contributed by atoms with Crippen molar-refractivity contribution in [2.24, 2.45) is 4.99 Å². The third kappa shape index (κ3) is 2.52. The predicted molar refractivity (Wildman–Crippen MR) is 57.2 cm³/mol. The summed E-state index contributed by atoms with van der Waals surface area (Å²) in [6, 6.07) is 0. The minimum Gasteiger partial charge on any atom is -1.00 e. The molecule has 0 aliphatic carbocycles. The molecule has 1 aromatic heterocycles. The zero-order chi connectivity index (χ0) is 9.10. The van der Waals surface area contributed by atoms with Gasteiger partial charge < -0.3 is 24.0 Å². The van der Waals surface area contributed by atoms with Gasteiger partial charge in [-0.3, -0.25) is 0 Å². The fourth-order valence-electron chi connectivity index (χ4n) is 0.943. The number of nitrogens with zero attached hydrogens (tertiary/aromatic N) is 3. The monoisotopic (exact) mass is 412 g/mol. The first-order valence-corrected chi connectivity index (χ1v) is 4.72. The summed E-state index contributed by atoms with van der Waals surface area (Å²) >= 11 is 2.16. The van der Waals surface area contributed by atoms with E-state index in [1.165, 1.54) is 0 Å². The maximum Gasteiger partial charge on any atom is 0.304 e. The minimum atomic E-state index is 0. The van der Waals surface area contributed by atoms with Crippen LogP contribution in [0, 0.1) is 0 Å². The van der Waals surface area contributed by atoms with E-state index in [2.05, 4.69) is 43.5 Å². The summed E-state index contributed by atoms with van der Waals surface area (Å²) in [7, 11) is 0. The van der Waals surface area contributed by atoms with Crippen LogP contribution < -0.4 is 29.1 Å². The quantitative estimate of drug-likeness (QED) is 0.391. The Balaban J connectivity index is 0.000000980. The van der Waals surface area contributed by atoms with Gasteiger partial charge in [-0.2, -0.15) is 10.1 Å². The van der Waals surface area contributed by atoms with Crippen molar-refractivity contribution in [3.05, 3.63) is 34.6 Å². The second-order valence-corrected chi connectivity index (χ2v) is 3.36. The van der Waals surface area contributed by atoms with Crippen LogP contribution in [-0.2, 0) is 0 Å². The van der Waals surface area contributed by atoms with Gasteiger partial charge in [0.2, 0.25) is 6.33 Å². The summed E-state index contributed by atoms with van der Waals surface area (Å²) in [5, 5.41) is 2.96. The van der Waals surface area contributed by atoms with Crippen molar-refractivity contribution < 1.29 is 29.1 Å². The number of aromatic amines is 1. The van der Waals surface area contributed by atoms with Gasteiger partial charge in [0, 0.05) is 0 Å². The second kappa shape index (κ2) is 5.42. The molecule has 6 heteroatoms. The number of nitrogens with one attached hydrogen (secondary N) is 1. The molecule has 0 saturated heterocycles. The van der Waals surface area contributed by atoms with E-state index in [4.69, 9.17) is 0 Å². The molecule has 72 valence electrons. The average Bonchev–Trinajstić information content (AvgIpc) is 2.56. The lowest BCUT2D eigenvalue weighted by Gasteiger charge is -1.97. The molecule has 0 saturated carbocycles. The Hall–Kier alpha value is -0.470. The first-order valence-electron chi connectivity index (χ1n) is 3.64. The van der Waals surface area contributed by atoms with Crippen LogP contribution in [0.4, 0.5) is 0 Å². The predicted octanol–water partition coefficient (Wildman–Crippen LogP) is -1.94. The van der Waals surface area contributed by atoms with Crippen LogP contribution in [-0.4, -0.2) is 15.5 Å². The molecule has 1 N–H and O–H groups in total. The summed E-state index contributed by atoms with van der Waals surface area (Å²) in [4.78, 5) is 8.02. The molecule has 0 radical (unpaired) electrons. The highest BCUT2D eigenvalue weighted by molar-refractivity contribution is 14.1. The van der Waals surface area contributed by atoms with Crippen LogP contribution in [0.25, 0.3) is 5.70 Å². The molecule has 0 amide bonds. The van der Waals surface area contributed by atoms with E-state index in [0.717, 1.165) is 9.40 Å². The first kappa shape index (κ1) is 11.6. The molecular weight excluding hydrogens is 406 g/mol. The van der Waals surface area contributed by atoms with Crippen LogP contribution >= 0.6 is 22.6 Å². The first-order chi connectivity index (χ1) is 6.38. The zero-order valence-corrected chi connectivity index (χ0v) is 11.3. The van der Waals surface area contributed by atoms with Crippen LogP contribution in [0.3, 0.4) is 0 Å². The molecule has 14 heavy (non-hydrogen) atoms. The fraction of sp³-hybridized carbons (Fsp3) is 0. The third-order valence-electron chi connectivity index (χ3n) is 1.51. The summed E-state index contributed by atoms with van der Waals surface area (Å²) < 4.78 is 2.67. The molecule has 0 atom stereocenters. The lowest BCUT2D eigenvalue weighted by molar-refractivity contribution is -0.473. The highest BCUT2D eigenvalue weighted by Gasteiger charge is 2.06. The van der Waals surface area contributed by atoms with E-state index in [-0.39, 0.29) is 24.0 Å². The number of rotatable bonds is 1. The molecule has 1 aromatic rings. The molecule has 0 unspecified atom stereocenters. The van der Waals surface area contributed by atoms with Crippen molar-refractivity contribution in [3.8, 4) is 0 Å². The van der Waals surface area contributed by atoms with Crippen LogP contribution in [0.2, 0.25) is 0 Å². The van der Waals surface area contributed by atoms with Crippen molar-refractivity contribution in [1.82, 2.24) is 9.67 Å². The molecule has 1 aliphatic heterocycles. The van der Waals surface area contributed by atoms with Gasteiger partial charge in [0.05, 0.1) is 0 Å². The Bertz CT molecular complexity index is 424. The Labute approximate surface area is 112 Å².